The largest absolute Gasteiger partial charge is 0.351 e. The van der Waals surface area contributed by atoms with Crippen LogP contribution in [0.25, 0.3) is 0 Å². The molecule has 0 spiro atoms. The predicted octanol–water partition coefficient (Wildman–Crippen LogP) is 2.74. The van der Waals surface area contributed by atoms with Gasteiger partial charge in [0, 0.05) is 11.3 Å². The van der Waals surface area contributed by atoms with Gasteiger partial charge in [-0.1, -0.05) is 0 Å². The van der Waals surface area contributed by atoms with E-state index in [1.54, 1.807) is 0 Å². The maximum absolute atomic E-state index is 13.8. The number of amides is 1. The predicted molar refractivity (Wildman–Crippen MR) is 72.9 cm³/mol. The van der Waals surface area contributed by atoms with Crippen molar-refractivity contribution in [2.24, 2.45) is 0 Å². The number of carbonyl (C=O) groups excluding carboxylic acids is 1. The average Bonchev–Trinajstić information content (AvgIpc) is 2.38. The summed E-state index contributed by atoms with van der Waals surface area (Å²) in [5.74, 6) is -3.25. The van der Waals surface area contributed by atoms with Gasteiger partial charge in [-0.3, -0.25) is 14.9 Å². The quantitative estimate of drug-likeness (QED) is 0.670. The van der Waals surface area contributed by atoms with Gasteiger partial charge in [0.15, 0.2) is 0 Å². The van der Waals surface area contributed by atoms with Crippen molar-refractivity contribution in [2.75, 3.05) is 12.8 Å². The Bertz CT molecular complexity index is 550. The molecule has 1 rings (SSSR count). The van der Waals surface area contributed by atoms with Crippen LogP contribution in [0.15, 0.2) is 12.1 Å². The van der Waals surface area contributed by atoms with Crippen molar-refractivity contribution in [1.82, 2.24) is 5.32 Å². The molecule has 0 saturated carbocycles. The number of hydrogen-bond acceptors (Lipinski definition) is 4. The third kappa shape index (κ3) is 3.89. The lowest BCUT2D eigenvalue weighted by atomic mass is 10.1. The summed E-state index contributed by atoms with van der Waals surface area (Å²) in [5.41, 5.74) is -1.73. The third-order valence-corrected chi connectivity index (χ3v) is 3.94. The Balaban J connectivity index is 3.02. The second-order valence-electron chi connectivity index (χ2n) is 4.69. The molecule has 0 aromatic heterocycles. The van der Waals surface area contributed by atoms with Crippen molar-refractivity contribution in [1.29, 1.82) is 0 Å². The first kappa shape index (κ1) is 16.4. The molecule has 0 aliphatic heterocycles. The minimum absolute atomic E-state index is 0.219. The summed E-state index contributed by atoms with van der Waals surface area (Å²) in [4.78, 5) is 21.3. The monoisotopic (exact) mass is 304 g/mol. The van der Waals surface area contributed by atoms with Gasteiger partial charge in [-0.15, -0.1) is 0 Å². The lowest BCUT2D eigenvalue weighted by Gasteiger charge is -2.22. The number of nitrogens with zero attached hydrogens (tertiary/aromatic N) is 1. The van der Waals surface area contributed by atoms with Crippen molar-refractivity contribution in [3.8, 4) is 0 Å². The van der Waals surface area contributed by atoms with Gasteiger partial charge in [-0.25, -0.2) is 4.39 Å². The number of nitro benzene ring substituents is 1. The molecule has 0 radical (unpaired) electrons. The second kappa shape index (κ2) is 6.17. The molecule has 8 heteroatoms. The van der Waals surface area contributed by atoms with Crippen LogP contribution in [0.4, 0.5) is 14.5 Å². The van der Waals surface area contributed by atoms with E-state index in [1.165, 1.54) is 11.8 Å². The summed E-state index contributed by atoms with van der Waals surface area (Å²) in [6.45, 7) is 3.95. The van der Waals surface area contributed by atoms with Crippen LogP contribution < -0.4 is 5.32 Å². The molecular weight excluding hydrogens is 290 g/mol. The maximum atomic E-state index is 13.8. The van der Waals surface area contributed by atoms with E-state index in [0.29, 0.717) is 12.1 Å². The number of nitro groups is 1. The molecule has 0 fully saturated rings. The molecule has 5 nitrogen and oxygen atoms in total. The highest BCUT2D eigenvalue weighted by Gasteiger charge is 2.25. The molecule has 0 atom stereocenters. The van der Waals surface area contributed by atoms with E-state index in [4.69, 9.17) is 0 Å². The van der Waals surface area contributed by atoms with Gasteiger partial charge in [0.05, 0.1) is 16.6 Å². The van der Waals surface area contributed by atoms with Gasteiger partial charge < -0.3 is 5.32 Å². The molecule has 0 aliphatic carbocycles. The van der Waals surface area contributed by atoms with Crippen LogP contribution in [0.3, 0.4) is 0 Å². The van der Waals surface area contributed by atoms with Crippen molar-refractivity contribution in [3.63, 3.8) is 0 Å². The highest BCUT2D eigenvalue weighted by atomic mass is 32.2. The first-order valence-corrected chi connectivity index (χ1v) is 6.87. The zero-order valence-electron chi connectivity index (χ0n) is 11.2. The zero-order chi connectivity index (χ0) is 15.5. The van der Waals surface area contributed by atoms with Crippen LogP contribution in [0.1, 0.15) is 24.2 Å². The fourth-order valence-corrected chi connectivity index (χ4v) is 1.55. The van der Waals surface area contributed by atoms with Crippen molar-refractivity contribution < 1.29 is 18.5 Å². The van der Waals surface area contributed by atoms with Crippen molar-refractivity contribution in [2.45, 2.75) is 18.6 Å². The van der Waals surface area contributed by atoms with Crippen LogP contribution in [0.5, 0.6) is 0 Å². The molecule has 1 N–H and O–H groups in total. The number of thioether (sulfide) groups is 1. The fraction of sp³-hybridized carbons (Fsp3) is 0.417. The van der Waals surface area contributed by atoms with Gasteiger partial charge in [0.2, 0.25) is 5.82 Å². The molecule has 110 valence electrons. The third-order valence-electron chi connectivity index (χ3n) is 2.69. The molecular formula is C12H14F2N2O3S. The SMILES string of the molecule is CSC(C)(C)CNC(=O)c1cc(F)cc([N+](=O)[O-])c1F. The number of halogens is 2. The van der Waals surface area contributed by atoms with Gasteiger partial charge in [0.25, 0.3) is 5.91 Å². The molecule has 1 aromatic carbocycles. The average molecular weight is 304 g/mol. The Kier molecular flexibility index (Phi) is 5.04. The van der Waals surface area contributed by atoms with E-state index in [-0.39, 0.29) is 11.3 Å². The van der Waals surface area contributed by atoms with Crippen LogP contribution in [0, 0.1) is 21.7 Å². The highest BCUT2D eigenvalue weighted by molar-refractivity contribution is 7.99. The van der Waals surface area contributed by atoms with Gasteiger partial charge in [-0.2, -0.15) is 16.2 Å². The molecule has 0 bridgehead atoms. The summed E-state index contributed by atoms with van der Waals surface area (Å²) < 4.78 is 26.7. The van der Waals surface area contributed by atoms with Crippen LogP contribution >= 0.6 is 11.8 Å². The first-order valence-electron chi connectivity index (χ1n) is 5.65. The number of hydrogen-bond donors (Lipinski definition) is 1. The summed E-state index contributed by atoms with van der Waals surface area (Å²) >= 11 is 1.49. The standard InChI is InChI=1S/C12H14F2N2O3S/c1-12(2,20-3)6-15-11(17)8-4-7(13)5-9(10(8)14)16(18)19/h4-5H,6H2,1-3H3,(H,15,17). The van der Waals surface area contributed by atoms with Crippen LogP contribution in [-0.4, -0.2) is 28.4 Å². The molecule has 0 unspecified atom stereocenters. The zero-order valence-corrected chi connectivity index (χ0v) is 12.0. The van der Waals surface area contributed by atoms with E-state index in [0.717, 1.165) is 0 Å². The molecule has 1 amide bonds. The number of rotatable bonds is 5. The molecule has 0 aliphatic rings. The lowest BCUT2D eigenvalue weighted by Crippen LogP contribution is -2.36. The fourth-order valence-electron chi connectivity index (χ4n) is 1.33. The summed E-state index contributed by atoms with van der Waals surface area (Å²) in [6, 6.07) is 1.09. The minimum Gasteiger partial charge on any atom is -0.351 e. The first-order chi connectivity index (χ1) is 9.18. The number of benzene rings is 1. The number of carbonyl (C=O) groups is 1. The smallest absolute Gasteiger partial charge is 0.308 e. The van der Waals surface area contributed by atoms with Crippen molar-refractivity contribution >= 4 is 23.4 Å². The van der Waals surface area contributed by atoms with E-state index >= 15 is 0 Å². The second-order valence-corrected chi connectivity index (χ2v) is 6.20. The normalized spacial score (nSPS) is 11.2. The van der Waals surface area contributed by atoms with Gasteiger partial charge in [0.1, 0.15) is 5.82 Å². The Morgan fingerprint density at radius 3 is 2.55 bits per heavy atom. The topological polar surface area (TPSA) is 72.2 Å². The lowest BCUT2D eigenvalue weighted by molar-refractivity contribution is -0.387. The van der Waals surface area contributed by atoms with Crippen LogP contribution in [-0.2, 0) is 0 Å². The van der Waals surface area contributed by atoms with Gasteiger partial charge in [-0.05, 0) is 26.2 Å². The Labute approximate surface area is 118 Å². The van der Waals surface area contributed by atoms with E-state index in [1.807, 2.05) is 20.1 Å². The molecule has 0 heterocycles. The molecule has 20 heavy (non-hydrogen) atoms. The Hall–Kier alpha value is -1.70. The van der Waals surface area contributed by atoms with E-state index < -0.39 is 33.7 Å². The van der Waals surface area contributed by atoms with E-state index in [9.17, 15) is 23.7 Å². The minimum atomic E-state index is -1.34. The van der Waals surface area contributed by atoms with Gasteiger partial charge >= 0.3 is 5.69 Å². The maximum Gasteiger partial charge on any atom is 0.308 e. The highest BCUT2D eigenvalue weighted by Crippen LogP contribution is 2.23. The Morgan fingerprint density at radius 1 is 1.45 bits per heavy atom. The molecule has 0 saturated heterocycles. The summed E-state index contributed by atoms with van der Waals surface area (Å²) in [7, 11) is 0. The Morgan fingerprint density at radius 2 is 2.05 bits per heavy atom. The van der Waals surface area contributed by atoms with Crippen molar-refractivity contribution in [3.05, 3.63) is 39.4 Å². The summed E-state index contributed by atoms with van der Waals surface area (Å²) in [6.07, 6.45) is 1.85. The summed E-state index contributed by atoms with van der Waals surface area (Å²) in [5, 5.41) is 13.0. The van der Waals surface area contributed by atoms with E-state index in [2.05, 4.69) is 5.32 Å². The van der Waals surface area contributed by atoms with Crippen LogP contribution in [0.2, 0.25) is 0 Å². The molecule has 1 aromatic rings. The number of nitrogens with one attached hydrogen (secondary N) is 1.